The lowest BCUT2D eigenvalue weighted by molar-refractivity contribution is -0.122. The number of ether oxygens (including phenoxy) is 1. The van der Waals surface area contributed by atoms with Crippen molar-refractivity contribution in [3.8, 4) is 0 Å². The maximum absolute atomic E-state index is 13.4. The molecule has 3 aliphatic heterocycles. The molecule has 0 atom stereocenters. The molecule has 2 aromatic rings. The molecule has 5 rings (SSSR count). The molecule has 1 fully saturated rings. The summed E-state index contributed by atoms with van der Waals surface area (Å²) in [5.41, 5.74) is 3.67. The summed E-state index contributed by atoms with van der Waals surface area (Å²) in [6, 6.07) is 15.4. The number of amides is 1. The Bertz CT molecular complexity index is 1180. The van der Waals surface area contributed by atoms with Crippen molar-refractivity contribution >= 4 is 40.0 Å². The van der Waals surface area contributed by atoms with Gasteiger partial charge in [0.2, 0.25) is 0 Å². The fourth-order valence-corrected chi connectivity index (χ4v) is 4.98. The Balaban J connectivity index is 1.48. The smallest absolute Gasteiger partial charge is 0.268 e. The predicted molar refractivity (Wildman–Crippen MR) is 127 cm³/mol. The second-order valence-electron chi connectivity index (χ2n) is 7.87. The molecule has 0 bridgehead atoms. The Hall–Kier alpha value is -3.32. The molecule has 0 aliphatic carbocycles. The predicted octanol–water partition coefficient (Wildman–Crippen LogP) is 4.66. The lowest BCUT2D eigenvalue weighted by Gasteiger charge is -2.17. The number of Topliss-reactive ketones (excluding diaryl/α,β-unsaturated/α-hetero) is 1. The summed E-state index contributed by atoms with van der Waals surface area (Å²) in [6.07, 6.45) is 5.77. The minimum absolute atomic E-state index is 0.0168. The third-order valence-electron chi connectivity index (χ3n) is 5.65. The molecule has 32 heavy (non-hydrogen) atoms. The molecule has 0 aromatic heterocycles. The van der Waals surface area contributed by atoms with Crippen LogP contribution in [-0.2, 0) is 16.0 Å². The lowest BCUT2D eigenvalue weighted by Crippen LogP contribution is -2.31. The number of thioether (sulfide) groups is 1. The summed E-state index contributed by atoms with van der Waals surface area (Å²) in [5, 5.41) is 0.589. The molecule has 7 heteroatoms. The van der Waals surface area contributed by atoms with Gasteiger partial charge in [-0.3, -0.25) is 14.5 Å². The minimum atomic E-state index is -0.0859. The molecule has 0 N–H and O–H groups in total. The fourth-order valence-electron chi connectivity index (χ4n) is 4.00. The van der Waals surface area contributed by atoms with Gasteiger partial charge in [-0.05, 0) is 54.9 Å². The van der Waals surface area contributed by atoms with Gasteiger partial charge in [-0.1, -0.05) is 30.3 Å². The van der Waals surface area contributed by atoms with Crippen molar-refractivity contribution in [2.24, 2.45) is 4.99 Å². The molecule has 0 unspecified atom stereocenters. The topological polar surface area (TPSA) is 62.2 Å². The highest BCUT2D eigenvalue weighted by Gasteiger charge is 2.35. The van der Waals surface area contributed by atoms with Crippen LogP contribution >= 0.6 is 11.8 Å². The molecule has 0 saturated carbocycles. The van der Waals surface area contributed by atoms with Crippen LogP contribution in [0.15, 0.2) is 76.5 Å². The van der Waals surface area contributed by atoms with Gasteiger partial charge in [-0.15, -0.1) is 0 Å². The quantitative estimate of drug-likeness (QED) is 0.495. The van der Waals surface area contributed by atoms with Crippen LogP contribution in [0.25, 0.3) is 0 Å². The van der Waals surface area contributed by atoms with E-state index in [-0.39, 0.29) is 11.7 Å². The second kappa shape index (κ2) is 8.67. The molecule has 1 saturated heterocycles. The molecule has 6 nitrogen and oxygen atoms in total. The van der Waals surface area contributed by atoms with E-state index in [1.807, 2.05) is 36.5 Å². The van der Waals surface area contributed by atoms with Crippen LogP contribution in [0, 0.1) is 0 Å². The van der Waals surface area contributed by atoms with E-state index < -0.39 is 0 Å². The Labute approximate surface area is 191 Å². The largest absolute Gasteiger partial charge is 0.496 e. The summed E-state index contributed by atoms with van der Waals surface area (Å²) in [4.78, 5) is 34.3. The normalized spacial score (nSPS) is 20.2. The lowest BCUT2D eigenvalue weighted by atomic mass is 10.1. The molecule has 1 amide bonds. The first kappa shape index (κ1) is 20.6. The maximum Gasteiger partial charge on any atom is 0.268 e. The Morgan fingerprint density at radius 2 is 2.09 bits per heavy atom. The molecule has 0 spiro atoms. The van der Waals surface area contributed by atoms with Gasteiger partial charge in [0.1, 0.15) is 5.76 Å². The van der Waals surface area contributed by atoms with Crippen molar-refractivity contribution in [1.29, 1.82) is 0 Å². The van der Waals surface area contributed by atoms with Crippen molar-refractivity contribution in [2.45, 2.75) is 19.8 Å². The van der Waals surface area contributed by atoms with E-state index in [0.717, 1.165) is 30.8 Å². The van der Waals surface area contributed by atoms with E-state index in [1.54, 1.807) is 17.0 Å². The van der Waals surface area contributed by atoms with Crippen LogP contribution in [0.1, 0.15) is 29.3 Å². The zero-order chi connectivity index (χ0) is 22.1. The molecule has 3 heterocycles. The van der Waals surface area contributed by atoms with Gasteiger partial charge in [-0.25, -0.2) is 4.99 Å². The molecule has 3 aliphatic rings. The van der Waals surface area contributed by atoms with Gasteiger partial charge in [-0.2, -0.15) is 0 Å². The van der Waals surface area contributed by atoms with Crippen molar-refractivity contribution in [2.75, 3.05) is 24.6 Å². The van der Waals surface area contributed by atoms with Crippen LogP contribution in [-0.4, -0.2) is 41.5 Å². The van der Waals surface area contributed by atoms with Crippen molar-refractivity contribution < 1.29 is 14.3 Å². The van der Waals surface area contributed by atoms with Gasteiger partial charge in [0, 0.05) is 30.4 Å². The highest BCUT2D eigenvalue weighted by Crippen LogP contribution is 2.36. The summed E-state index contributed by atoms with van der Waals surface area (Å²) in [5.74, 6) is 0.686. The number of aliphatic imine (C=N–C) groups is 1. The number of hydrogen-bond acceptors (Lipinski definition) is 6. The van der Waals surface area contributed by atoms with Gasteiger partial charge < -0.3 is 9.64 Å². The number of amidine groups is 1. The van der Waals surface area contributed by atoms with E-state index >= 15 is 0 Å². The van der Waals surface area contributed by atoms with Crippen molar-refractivity contribution in [1.82, 2.24) is 4.90 Å². The van der Waals surface area contributed by atoms with Gasteiger partial charge in [0.25, 0.3) is 5.91 Å². The number of carbonyl (C=O) groups is 2. The average molecular weight is 446 g/mol. The first-order valence-corrected chi connectivity index (χ1v) is 11.5. The number of fused-ring (bicyclic) bond motifs is 1. The summed E-state index contributed by atoms with van der Waals surface area (Å²) in [6.45, 7) is 3.37. The van der Waals surface area contributed by atoms with E-state index in [2.05, 4.69) is 17.0 Å². The summed E-state index contributed by atoms with van der Waals surface area (Å²) in [7, 11) is 0. The van der Waals surface area contributed by atoms with Gasteiger partial charge in [0.05, 0.1) is 23.7 Å². The van der Waals surface area contributed by atoms with Crippen LogP contribution in [0.3, 0.4) is 0 Å². The Morgan fingerprint density at radius 3 is 2.91 bits per heavy atom. The standard InChI is InChI=1S/C25H23N3O3S/c1-17(29)19-7-4-8-20(14-19)26-25-28(15-21-9-5-13-31-21)24(30)23(32-25)16-27-12-11-18-6-2-3-10-22(18)27/h2-4,6-10,14,16H,5,11-13,15H2,1H3/b23-16-,26-25?. The van der Waals surface area contributed by atoms with Crippen LogP contribution in [0.4, 0.5) is 11.4 Å². The monoisotopic (exact) mass is 445 g/mol. The fraction of sp³-hybridized carbons (Fsp3) is 0.240. The van der Waals surface area contributed by atoms with Crippen LogP contribution in [0.2, 0.25) is 0 Å². The number of nitrogens with zero attached hydrogens (tertiary/aromatic N) is 3. The van der Waals surface area contributed by atoms with E-state index in [9.17, 15) is 9.59 Å². The Kier molecular flexibility index (Phi) is 5.57. The highest BCUT2D eigenvalue weighted by atomic mass is 32.2. The third-order valence-corrected chi connectivity index (χ3v) is 6.65. The maximum atomic E-state index is 13.4. The van der Waals surface area contributed by atoms with E-state index in [1.165, 1.54) is 24.2 Å². The zero-order valence-electron chi connectivity index (χ0n) is 17.8. The number of carbonyl (C=O) groups excluding carboxylic acids is 2. The van der Waals surface area contributed by atoms with Crippen LogP contribution < -0.4 is 4.90 Å². The number of ketones is 1. The van der Waals surface area contributed by atoms with Crippen LogP contribution in [0.5, 0.6) is 0 Å². The highest BCUT2D eigenvalue weighted by molar-refractivity contribution is 8.18. The molecule has 0 radical (unpaired) electrons. The molecular weight excluding hydrogens is 422 g/mol. The van der Waals surface area contributed by atoms with E-state index in [4.69, 9.17) is 9.73 Å². The Morgan fingerprint density at radius 1 is 1.22 bits per heavy atom. The number of anilines is 1. The first-order chi connectivity index (χ1) is 15.6. The van der Waals surface area contributed by atoms with Gasteiger partial charge >= 0.3 is 0 Å². The van der Waals surface area contributed by atoms with Crippen molar-refractivity contribution in [3.63, 3.8) is 0 Å². The van der Waals surface area contributed by atoms with Gasteiger partial charge in [0.15, 0.2) is 11.0 Å². The SMILES string of the molecule is CC(=O)c1cccc(N=C2S/C(=C\N3CCc4ccccc43)C(=O)N2CC2=CCCO2)c1. The first-order valence-electron chi connectivity index (χ1n) is 10.7. The summed E-state index contributed by atoms with van der Waals surface area (Å²) >= 11 is 1.36. The zero-order valence-corrected chi connectivity index (χ0v) is 18.6. The van der Waals surface area contributed by atoms with E-state index in [0.29, 0.717) is 34.5 Å². The van der Waals surface area contributed by atoms with Crippen molar-refractivity contribution in [3.05, 3.63) is 82.6 Å². The molecular formula is C25H23N3O3S. The third kappa shape index (κ3) is 4.08. The number of rotatable bonds is 5. The summed E-state index contributed by atoms with van der Waals surface area (Å²) < 4.78 is 5.66. The number of para-hydroxylation sites is 1. The minimum Gasteiger partial charge on any atom is -0.496 e. The average Bonchev–Trinajstić information content (AvgIpc) is 3.52. The second-order valence-corrected chi connectivity index (χ2v) is 8.88. The number of hydrogen-bond donors (Lipinski definition) is 0. The molecule has 162 valence electrons. The number of benzene rings is 2. The molecule has 2 aromatic carbocycles.